The van der Waals surface area contributed by atoms with E-state index in [-0.39, 0.29) is 11.8 Å². The van der Waals surface area contributed by atoms with Crippen LogP contribution >= 0.6 is 11.6 Å². The van der Waals surface area contributed by atoms with Crippen molar-refractivity contribution in [2.75, 3.05) is 12.4 Å². The standard InChI is InChI=1S/C24H23ClN2O3/c1-16-8-13-22(30-2)20(14-16)26-24(29)21(15-17-6-4-3-5-7-17)27-23(28)18-9-11-19(25)12-10-18/h3-14,21H,15H2,1-2H3,(H,26,29)(H,27,28)/t21-/m1/s1. The Labute approximate surface area is 181 Å². The Balaban J connectivity index is 1.83. The van der Waals surface area contributed by atoms with Crippen molar-refractivity contribution < 1.29 is 14.3 Å². The topological polar surface area (TPSA) is 67.4 Å². The van der Waals surface area contributed by atoms with E-state index in [0.717, 1.165) is 11.1 Å². The van der Waals surface area contributed by atoms with Crippen molar-refractivity contribution in [3.05, 3.63) is 94.5 Å². The predicted molar refractivity (Wildman–Crippen MR) is 119 cm³/mol. The molecule has 1 atom stereocenters. The van der Waals surface area contributed by atoms with Crippen LogP contribution in [0, 0.1) is 6.92 Å². The molecule has 0 fully saturated rings. The fraction of sp³-hybridized carbons (Fsp3) is 0.167. The van der Waals surface area contributed by atoms with E-state index in [4.69, 9.17) is 16.3 Å². The number of halogens is 1. The van der Waals surface area contributed by atoms with Crippen LogP contribution in [0.5, 0.6) is 5.75 Å². The lowest BCUT2D eigenvalue weighted by atomic mass is 10.0. The highest BCUT2D eigenvalue weighted by Crippen LogP contribution is 2.25. The van der Waals surface area contributed by atoms with Gasteiger partial charge in [-0.15, -0.1) is 0 Å². The average molecular weight is 423 g/mol. The summed E-state index contributed by atoms with van der Waals surface area (Å²) in [6.45, 7) is 1.93. The SMILES string of the molecule is COc1ccc(C)cc1NC(=O)[C@@H](Cc1ccccc1)NC(=O)c1ccc(Cl)cc1. The predicted octanol–water partition coefficient (Wildman–Crippen LogP) is 4.64. The molecule has 0 radical (unpaired) electrons. The molecule has 0 saturated carbocycles. The lowest BCUT2D eigenvalue weighted by Crippen LogP contribution is -2.45. The van der Waals surface area contributed by atoms with Gasteiger partial charge in [0.05, 0.1) is 12.8 Å². The number of hydrogen-bond donors (Lipinski definition) is 2. The molecule has 0 aliphatic heterocycles. The van der Waals surface area contributed by atoms with Crippen molar-refractivity contribution in [3.63, 3.8) is 0 Å². The molecule has 5 nitrogen and oxygen atoms in total. The summed E-state index contributed by atoms with van der Waals surface area (Å²) in [7, 11) is 1.55. The number of benzene rings is 3. The molecule has 3 rings (SSSR count). The fourth-order valence-electron chi connectivity index (χ4n) is 3.04. The monoisotopic (exact) mass is 422 g/mol. The number of nitrogens with one attached hydrogen (secondary N) is 2. The Bertz CT molecular complexity index is 1020. The molecule has 0 aromatic heterocycles. The van der Waals surface area contributed by atoms with Gasteiger partial charge in [-0.25, -0.2) is 0 Å². The van der Waals surface area contributed by atoms with Crippen molar-refractivity contribution in [1.82, 2.24) is 5.32 Å². The Morgan fingerprint density at radius 3 is 2.37 bits per heavy atom. The van der Waals surface area contributed by atoms with Gasteiger partial charge in [-0.2, -0.15) is 0 Å². The minimum atomic E-state index is -0.777. The second-order valence-electron chi connectivity index (χ2n) is 6.92. The van der Waals surface area contributed by atoms with Gasteiger partial charge >= 0.3 is 0 Å². The van der Waals surface area contributed by atoms with E-state index in [0.29, 0.717) is 28.4 Å². The molecular weight excluding hydrogens is 400 g/mol. The van der Waals surface area contributed by atoms with E-state index < -0.39 is 6.04 Å². The van der Waals surface area contributed by atoms with E-state index >= 15 is 0 Å². The summed E-state index contributed by atoms with van der Waals surface area (Å²) in [5, 5.41) is 6.27. The van der Waals surface area contributed by atoms with Crippen molar-refractivity contribution in [2.45, 2.75) is 19.4 Å². The summed E-state index contributed by atoms with van der Waals surface area (Å²) in [5.74, 6) is -0.125. The maximum absolute atomic E-state index is 13.1. The number of ether oxygens (including phenoxy) is 1. The summed E-state index contributed by atoms with van der Waals surface area (Å²) in [5.41, 5.74) is 2.90. The molecule has 154 valence electrons. The van der Waals surface area contributed by atoms with Crippen LogP contribution in [0.2, 0.25) is 5.02 Å². The van der Waals surface area contributed by atoms with Gasteiger partial charge in [0.25, 0.3) is 5.91 Å². The van der Waals surface area contributed by atoms with Crippen molar-refractivity contribution in [3.8, 4) is 5.75 Å². The number of rotatable bonds is 7. The van der Waals surface area contributed by atoms with E-state index in [1.54, 1.807) is 37.4 Å². The van der Waals surface area contributed by atoms with Crippen LogP contribution in [0.1, 0.15) is 21.5 Å². The number of amides is 2. The summed E-state index contributed by atoms with van der Waals surface area (Å²) < 4.78 is 5.35. The van der Waals surface area contributed by atoms with Gasteiger partial charge in [0.1, 0.15) is 11.8 Å². The molecule has 0 aliphatic carbocycles. The van der Waals surface area contributed by atoms with Gasteiger partial charge in [0.15, 0.2) is 0 Å². The molecule has 0 bridgehead atoms. The Morgan fingerprint density at radius 1 is 1.00 bits per heavy atom. The molecule has 30 heavy (non-hydrogen) atoms. The number of aryl methyl sites for hydroxylation is 1. The summed E-state index contributed by atoms with van der Waals surface area (Å²) in [6, 6.07) is 20.8. The van der Waals surface area contributed by atoms with Gasteiger partial charge in [-0.3, -0.25) is 9.59 Å². The molecular formula is C24H23ClN2O3. The molecule has 0 aliphatic rings. The maximum atomic E-state index is 13.1. The highest BCUT2D eigenvalue weighted by atomic mass is 35.5. The minimum Gasteiger partial charge on any atom is -0.495 e. The van der Waals surface area contributed by atoms with Gasteiger partial charge in [-0.1, -0.05) is 48.0 Å². The first-order valence-electron chi connectivity index (χ1n) is 9.52. The molecule has 2 N–H and O–H groups in total. The first kappa shape index (κ1) is 21.4. The number of carbonyl (C=O) groups excluding carboxylic acids is 2. The lowest BCUT2D eigenvalue weighted by Gasteiger charge is -2.20. The van der Waals surface area contributed by atoms with Crippen LogP contribution in [0.4, 0.5) is 5.69 Å². The summed E-state index contributed by atoms with van der Waals surface area (Å²) in [4.78, 5) is 25.8. The van der Waals surface area contributed by atoms with E-state index in [9.17, 15) is 9.59 Å². The summed E-state index contributed by atoms with van der Waals surface area (Å²) >= 11 is 5.90. The van der Waals surface area contributed by atoms with Gasteiger partial charge < -0.3 is 15.4 Å². The Hall–Kier alpha value is -3.31. The fourth-order valence-corrected chi connectivity index (χ4v) is 3.17. The molecule has 3 aromatic rings. The van der Waals surface area contributed by atoms with Crippen LogP contribution < -0.4 is 15.4 Å². The van der Waals surface area contributed by atoms with Crippen LogP contribution in [0.15, 0.2) is 72.8 Å². The molecule has 6 heteroatoms. The highest BCUT2D eigenvalue weighted by molar-refractivity contribution is 6.30. The zero-order valence-corrected chi connectivity index (χ0v) is 17.6. The smallest absolute Gasteiger partial charge is 0.251 e. The van der Waals surface area contributed by atoms with Crippen LogP contribution in [0.3, 0.4) is 0 Å². The second kappa shape index (κ2) is 9.94. The van der Waals surface area contributed by atoms with Crippen LogP contribution in [-0.2, 0) is 11.2 Å². The van der Waals surface area contributed by atoms with Crippen molar-refractivity contribution in [1.29, 1.82) is 0 Å². The van der Waals surface area contributed by atoms with Crippen molar-refractivity contribution in [2.24, 2.45) is 0 Å². The normalized spacial score (nSPS) is 11.4. The van der Waals surface area contributed by atoms with Gasteiger partial charge in [-0.05, 0) is 54.4 Å². The zero-order valence-electron chi connectivity index (χ0n) is 16.8. The highest BCUT2D eigenvalue weighted by Gasteiger charge is 2.23. The third kappa shape index (κ3) is 5.61. The number of methoxy groups -OCH3 is 1. The molecule has 0 unspecified atom stereocenters. The summed E-state index contributed by atoms with van der Waals surface area (Å²) in [6.07, 6.45) is 0.347. The molecule has 0 heterocycles. The third-order valence-corrected chi connectivity index (χ3v) is 4.88. The Kier molecular flexibility index (Phi) is 7.09. The third-order valence-electron chi connectivity index (χ3n) is 4.62. The largest absolute Gasteiger partial charge is 0.495 e. The quantitative estimate of drug-likeness (QED) is 0.583. The molecule has 2 amide bonds. The first-order valence-corrected chi connectivity index (χ1v) is 9.90. The second-order valence-corrected chi connectivity index (χ2v) is 7.35. The molecule has 0 saturated heterocycles. The maximum Gasteiger partial charge on any atom is 0.251 e. The average Bonchev–Trinajstić information content (AvgIpc) is 2.74. The van der Waals surface area contributed by atoms with Crippen LogP contribution in [-0.4, -0.2) is 25.0 Å². The van der Waals surface area contributed by atoms with Gasteiger partial charge in [0, 0.05) is 17.0 Å². The molecule has 0 spiro atoms. The lowest BCUT2D eigenvalue weighted by molar-refractivity contribution is -0.118. The number of anilines is 1. The molecule has 3 aromatic carbocycles. The van der Waals surface area contributed by atoms with Crippen LogP contribution in [0.25, 0.3) is 0 Å². The minimum absolute atomic E-state index is 0.329. The first-order chi connectivity index (χ1) is 14.5. The van der Waals surface area contributed by atoms with Gasteiger partial charge in [0.2, 0.25) is 5.91 Å². The number of hydrogen-bond acceptors (Lipinski definition) is 3. The van der Waals surface area contributed by atoms with E-state index in [1.807, 2.05) is 49.4 Å². The Morgan fingerprint density at radius 2 is 1.70 bits per heavy atom. The van der Waals surface area contributed by atoms with E-state index in [2.05, 4.69) is 10.6 Å². The van der Waals surface area contributed by atoms with Crippen molar-refractivity contribution >= 4 is 29.1 Å². The zero-order chi connectivity index (χ0) is 21.5. The van der Waals surface area contributed by atoms with E-state index in [1.165, 1.54) is 0 Å². The number of carbonyl (C=O) groups is 2.